The van der Waals surface area contributed by atoms with Crippen molar-refractivity contribution in [2.24, 2.45) is 13.0 Å². The average Bonchev–Trinajstić information content (AvgIpc) is 3.04. The molecule has 6 heteroatoms. The number of likely N-dealkylation sites (tertiary alicyclic amines) is 1. The lowest BCUT2D eigenvalue weighted by Gasteiger charge is -2.34. The number of ether oxygens (including phenoxy) is 1. The molecule has 0 aliphatic carbocycles. The number of piperidine rings is 1. The van der Waals surface area contributed by atoms with Gasteiger partial charge in [-0.2, -0.15) is 0 Å². The molecule has 1 saturated heterocycles. The number of aryl methyl sites for hydroxylation is 1. The Kier molecular flexibility index (Phi) is 7.03. The van der Waals surface area contributed by atoms with Crippen LogP contribution in [0.1, 0.15) is 28.9 Å². The van der Waals surface area contributed by atoms with Crippen LogP contribution in [0.15, 0.2) is 36.5 Å². The van der Waals surface area contributed by atoms with Gasteiger partial charge in [0.2, 0.25) is 0 Å². The third-order valence-corrected chi connectivity index (χ3v) is 5.76. The van der Waals surface area contributed by atoms with Crippen LogP contribution in [0.2, 0.25) is 5.02 Å². The molecule has 1 amide bonds. The van der Waals surface area contributed by atoms with E-state index in [1.165, 1.54) is 18.4 Å². The number of amides is 1. The molecule has 2 aromatic rings. The summed E-state index contributed by atoms with van der Waals surface area (Å²) in [5.74, 6) is 1.44. The Balaban J connectivity index is 1.49. The largest absolute Gasteiger partial charge is 0.497 e. The molecule has 1 atom stereocenters. The van der Waals surface area contributed by atoms with Crippen molar-refractivity contribution in [3.05, 3.63) is 52.8 Å². The van der Waals surface area contributed by atoms with Gasteiger partial charge in [0, 0.05) is 39.9 Å². The summed E-state index contributed by atoms with van der Waals surface area (Å²) in [6.45, 7) is 4.01. The maximum absolute atomic E-state index is 12.7. The topological polar surface area (TPSA) is 37.7 Å². The van der Waals surface area contributed by atoms with Crippen molar-refractivity contribution in [3.63, 3.8) is 0 Å². The molecular weight excluding hydrogens is 374 g/mol. The lowest BCUT2D eigenvalue weighted by molar-refractivity contribution is 0.0721. The molecule has 1 aliphatic rings. The molecule has 0 bridgehead atoms. The van der Waals surface area contributed by atoms with Crippen LogP contribution in [0, 0.1) is 5.92 Å². The molecule has 1 aromatic heterocycles. The zero-order valence-corrected chi connectivity index (χ0v) is 17.8. The van der Waals surface area contributed by atoms with E-state index in [1.54, 1.807) is 23.9 Å². The van der Waals surface area contributed by atoms with Crippen molar-refractivity contribution in [1.29, 1.82) is 0 Å². The van der Waals surface area contributed by atoms with Gasteiger partial charge in [-0.15, -0.1) is 0 Å². The molecular formula is C22H30ClN3O2. The van der Waals surface area contributed by atoms with E-state index in [0.29, 0.717) is 16.6 Å². The molecule has 0 spiro atoms. The van der Waals surface area contributed by atoms with Crippen molar-refractivity contribution in [2.45, 2.75) is 19.3 Å². The summed E-state index contributed by atoms with van der Waals surface area (Å²) >= 11 is 6.02. The zero-order valence-electron chi connectivity index (χ0n) is 17.0. The highest BCUT2D eigenvalue weighted by atomic mass is 35.5. The van der Waals surface area contributed by atoms with E-state index in [0.717, 1.165) is 38.3 Å². The minimum Gasteiger partial charge on any atom is -0.497 e. The molecule has 1 aliphatic heterocycles. The van der Waals surface area contributed by atoms with E-state index in [4.69, 9.17) is 16.3 Å². The van der Waals surface area contributed by atoms with E-state index in [1.807, 2.05) is 31.1 Å². The molecule has 2 heterocycles. The fourth-order valence-electron chi connectivity index (χ4n) is 3.99. The molecule has 0 saturated carbocycles. The summed E-state index contributed by atoms with van der Waals surface area (Å²) in [6, 6.07) is 10.0. The summed E-state index contributed by atoms with van der Waals surface area (Å²) in [5, 5.41) is 0.599. The van der Waals surface area contributed by atoms with Crippen LogP contribution < -0.4 is 4.74 Å². The smallest absolute Gasteiger partial charge is 0.270 e. The SMILES string of the molecule is COc1ccc(CCN2CCC[C@@H](CN(C)C(=O)c3cc(Cl)cn3C)C2)cc1. The third kappa shape index (κ3) is 5.30. The van der Waals surface area contributed by atoms with Crippen molar-refractivity contribution in [3.8, 4) is 5.75 Å². The number of benzene rings is 1. The molecule has 28 heavy (non-hydrogen) atoms. The van der Waals surface area contributed by atoms with Gasteiger partial charge in [-0.3, -0.25) is 4.79 Å². The lowest BCUT2D eigenvalue weighted by Crippen LogP contribution is -2.42. The molecule has 0 radical (unpaired) electrons. The van der Waals surface area contributed by atoms with Crippen molar-refractivity contribution >= 4 is 17.5 Å². The second-order valence-electron chi connectivity index (χ2n) is 7.75. The molecule has 0 N–H and O–H groups in total. The number of carbonyl (C=O) groups is 1. The Morgan fingerprint density at radius 2 is 2.07 bits per heavy atom. The number of nitrogens with zero attached hydrogens (tertiary/aromatic N) is 3. The average molecular weight is 404 g/mol. The van der Waals surface area contributed by atoms with Crippen molar-refractivity contribution in [2.75, 3.05) is 40.3 Å². The number of aromatic nitrogens is 1. The first-order valence-electron chi connectivity index (χ1n) is 9.89. The van der Waals surface area contributed by atoms with E-state index in [-0.39, 0.29) is 5.91 Å². The Labute approximate surface area is 172 Å². The molecule has 1 fully saturated rings. The summed E-state index contributed by atoms with van der Waals surface area (Å²) in [4.78, 5) is 17.1. The molecule has 152 valence electrons. The minimum atomic E-state index is 0.0322. The Bertz CT molecular complexity index is 788. The highest BCUT2D eigenvalue weighted by molar-refractivity contribution is 6.31. The Morgan fingerprint density at radius 1 is 1.32 bits per heavy atom. The predicted molar refractivity (Wildman–Crippen MR) is 113 cm³/mol. The van der Waals surface area contributed by atoms with Gasteiger partial charge in [0.25, 0.3) is 5.91 Å². The fourth-order valence-corrected chi connectivity index (χ4v) is 4.24. The number of carbonyl (C=O) groups excluding carboxylic acids is 1. The van der Waals surface area contributed by atoms with Gasteiger partial charge >= 0.3 is 0 Å². The van der Waals surface area contributed by atoms with Gasteiger partial charge in [0.15, 0.2) is 0 Å². The molecule has 5 nitrogen and oxygen atoms in total. The third-order valence-electron chi connectivity index (χ3n) is 5.55. The number of methoxy groups -OCH3 is 1. The van der Waals surface area contributed by atoms with Crippen LogP contribution in [-0.4, -0.2) is 60.6 Å². The normalized spacial score (nSPS) is 17.5. The maximum Gasteiger partial charge on any atom is 0.270 e. The van der Waals surface area contributed by atoms with Crippen LogP contribution in [0.25, 0.3) is 0 Å². The second-order valence-corrected chi connectivity index (χ2v) is 8.18. The van der Waals surface area contributed by atoms with Crippen LogP contribution in [-0.2, 0) is 13.5 Å². The van der Waals surface area contributed by atoms with E-state index in [9.17, 15) is 4.79 Å². The summed E-state index contributed by atoms with van der Waals surface area (Å²) in [6.07, 6.45) is 5.16. The first-order valence-corrected chi connectivity index (χ1v) is 10.3. The van der Waals surface area contributed by atoms with Crippen LogP contribution in [0.3, 0.4) is 0 Å². The van der Waals surface area contributed by atoms with Gasteiger partial charge in [0.05, 0.1) is 12.1 Å². The Hall–Kier alpha value is -1.98. The first-order chi connectivity index (χ1) is 13.5. The molecule has 0 unspecified atom stereocenters. The second kappa shape index (κ2) is 9.48. The number of rotatable bonds is 7. The van der Waals surface area contributed by atoms with Gasteiger partial charge in [0.1, 0.15) is 11.4 Å². The van der Waals surface area contributed by atoms with Gasteiger partial charge < -0.3 is 19.1 Å². The predicted octanol–water partition coefficient (Wildman–Crippen LogP) is 3.71. The van der Waals surface area contributed by atoms with Crippen molar-refractivity contribution in [1.82, 2.24) is 14.4 Å². The fraction of sp³-hybridized carbons (Fsp3) is 0.500. The quantitative estimate of drug-likeness (QED) is 0.707. The van der Waals surface area contributed by atoms with Crippen LogP contribution >= 0.6 is 11.6 Å². The van der Waals surface area contributed by atoms with Gasteiger partial charge in [-0.1, -0.05) is 23.7 Å². The van der Waals surface area contributed by atoms with Crippen molar-refractivity contribution < 1.29 is 9.53 Å². The minimum absolute atomic E-state index is 0.0322. The van der Waals surface area contributed by atoms with Gasteiger partial charge in [-0.05, 0) is 55.5 Å². The summed E-state index contributed by atoms with van der Waals surface area (Å²) < 4.78 is 7.02. The van der Waals surface area contributed by atoms with E-state index < -0.39 is 0 Å². The van der Waals surface area contributed by atoms with E-state index in [2.05, 4.69) is 17.0 Å². The standard InChI is InChI=1S/C22H30ClN3O2/c1-24-16-19(23)13-21(24)22(27)25(2)14-18-5-4-11-26(15-18)12-10-17-6-8-20(28-3)9-7-17/h6-9,13,16,18H,4-5,10-12,14-15H2,1-3H3/t18-/m0/s1. The molecule has 1 aromatic carbocycles. The highest BCUT2D eigenvalue weighted by Crippen LogP contribution is 2.20. The summed E-state index contributed by atoms with van der Waals surface area (Å²) in [7, 11) is 5.44. The first kappa shape index (κ1) is 20.7. The maximum atomic E-state index is 12.7. The zero-order chi connectivity index (χ0) is 20.1. The highest BCUT2D eigenvalue weighted by Gasteiger charge is 2.24. The molecule has 3 rings (SSSR count). The number of halogens is 1. The summed E-state index contributed by atoms with van der Waals surface area (Å²) in [5.41, 5.74) is 1.97. The van der Waals surface area contributed by atoms with E-state index >= 15 is 0 Å². The van der Waals surface area contributed by atoms with Crippen LogP contribution in [0.5, 0.6) is 5.75 Å². The van der Waals surface area contributed by atoms with Crippen LogP contribution in [0.4, 0.5) is 0 Å². The Morgan fingerprint density at radius 3 is 2.71 bits per heavy atom. The number of hydrogen-bond acceptors (Lipinski definition) is 3. The number of hydrogen-bond donors (Lipinski definition) is 0. The lowest BCUT2D eigenvalue weighted by atomic mass is 9.97. The van der Waals surface area contributed by atoms with Gasteiger partial charge in [-0.25, -0.2) is 0 Å². The monoisotopic (exact) mass is 403 g/mol.